The maximum atomic E-state index is 13.7. The molecule has 1 fully saturated rings. The van der Waals surface area contributed by atoms with Crippen LogP contribution in [0.2, 0.25) is 0 Å². The highest BCUT2D eigenvalue weighted by Crippen LogP contribution is 2.29. The molecule has 0 aromatic carbocycles. The van der Waals surface area contributed by atoms with Gasteiger partial charge in [-0.25, -0.2) is 9.37 Å². The number of piperidine rings is 1. The zero-order valence-electron chi connectivity index (χ0n) is 12.0. The predicted molar refractivity (Wildman–Crippen MR) is 80.1 cm³/mol. The van der Waals surface area contributed by atoms with Crippen LogP contribution in [0.1, 0.15) is 24.3 Å². The van der Waals surface area contributed by atoms with Crippen LogP contribution in [0.25, 0.3) is 0 Å². The van der Waals surface area contributed by atoms with Crippen LogP contribution in [-0.4, -0.2) is 22.6 Å². The Morgan fingerprint density at radius 3 is 2.71 bits per heavy atom. The fourth-order valence-corrected chi connectivity index (χ4v) is 2.85. The lowest BCUT2D eigenvalue weighted by atomic mass is 9.90. The van der Waals surface area contributed by atoms with Crippen LogP contribution in [0.15, 0.2) is 41.5 Å². The minimum absolute atomic E-state index is 0.0192. The van der Waals surface area contributed by atoms with Crippen molar-refractivity contribution < 1.29 is 4.39 Å². The Hall–Kier alpha value is -2.17. The standard InChI is InChI=1S/C16H18FN3O/c1-19-8-4-13(11-15(19)21)12-5-9-20(10-6-12)16-14(17)3-2-7-18-16/h2-4,7-8,11-12H,5-6,9-10H2,1H3. The molecule has 1 saturated heterocycles. The van der Waals surface area contributed by atoms with E-state index in [9.17, 15) is 9.18 Å². The molecule has 0 saturated carbocycles. The van der Waals surface area contributed by atoms with E-state index in [4.69, 9.17) is 0 Å². The van der Waals surface area contributed by atoms with Gasteiger partial charge in [-0.2, -0.15) is 0 Å². The second-order valence-electron chi connectivity index (χ2n) is 5.48. The maximum absolute atomic E-state index is 13.7. The van der Waals surface area contributed by atoms with Crippen molar-refractivity contribution in [1.82, 2.24) is 9.55 Å². The average molecular weight is 287 g/mol. The van der Waals surface area contributed by atoms with E-state index >= 15 is 0 Å². The minimum Gasteiger partial charge on any atom is -0.354 e. The molecular formula is C16H18FN3O. The molecule has 0 spiro atoms. The van der Waals surface area contributed by atoms with Crippen molar-refractivity contribution in [1.29, 1.82) is 0 Å². The van der Waals surface area contributed by atoms with Crippen molar-refractivity contribution in [2.24, 2.45) is 7.05 Å². The van der Waals surface area contributed by atoms with Gasteiger partial charge in [-0.1, -0.05) is 0 Å². The normalized spacial score (nSPS) is 16.2. The molecule has 110 valence electrons. The molecule has 2 aromatic rings. The van der Waals surface area contributed by atoms with Gasteiger partial charge in [0.2, 0.25) is 0 Å². The number of aryl methyl sites for hydroxylation is 1. The van der Waals surface area contributed by atoms with Gasteiger partial charge < -0.3 is 9.47 Å². The number of rotatable bonds is 2. The van der Waals surface area contributed by atoms with Gasteiger partial charge in [0.05, 0.1) is 0 Å². The molecule has 0 unspecified atom stereocenters. The van der Waals surface area contributed by atoms with Crippen LogP contribution in [0, 0.1) is 5.82 Å². The lowest BCUT2D eigenvalue weighted by Crippen LogP contribution is -2.34. The molecule has 0 N–H and O–H groups in total. The Kier molecular flexibility index (Phi) is 3.73. The largest absolute Gasteiger partial charge is 0.354 e. The number of hydrogen-bond donors (Lipinski definition) is 0. The van der Waals surface area contributed by atoms with Gasteiger partial charge in [-0.05, 0) is 42.5 Å². The summed E-state index contributed by atoms with van der Waals surface area (Å²) in [4.78, 5) is 17.8. The Bertz CT molecular complexity index is 690. The Balaban J connectivity index is 1.72. The molecule has 21 heavy (non-hydrogen) atoms. The molecule has 1 aliphatic heterocycles. The first-order valence-corrected chi connectivity index (χ1v) is 7.17. The quantitative estimate of drug-likeness (QED) is 0.850. The molecule has 1 aliphatic rings. The Labute approximate surface area is 122 Å². The van der Waals surface area contributed by atoms with Crippen molar-refractivity contribution in [2.45, 2.75) is 18.8 Å². The highest BCUT2D eigenvalue weighted by atomic mass is 19.1. The lowest BCUT2D eigenvalue weighted by Gasteiger charge is -2.33. The summed E-state index contributed by atoms with van der Waals surface area (Å²) in [5, 5.41) is 0. The molecule has 3 heterocycles. The third kappa shape index (κ3) is 2.82. The number of halogens is 1. The average Bonchev–Trinajstić information content (AvgIpc) is 2.51. The lowest BCUT2D eigenvalue weighted by molar-refractivity contribution is 0.492. The van der Waals surface area contributed by atoms with E-state index in [1.807, 2.05) is 17.2 Å². The third-order valence-electron chi connectivity index (χ3n) is 4.13. The molecule has 0 radical (unpaired) electrons. The molecule has 2 aromatic heterocycles. The summed E-state index contributed by atoms with van der Waals surface area (Å²) in [6.07, 6.45) is 5.24. The van der Waals surface area contributed by atoms with Crippen LogP contribution >= 0.6 is 0 Å². The Morgan fingerprint density at radius 1 is 1.29 bits per heavy atom. The Morgan fingerprint density at radius 2 is 2.05 bits per heavy atom. The van der Waals surface area contributed by atoms with Gasteiger partial charge in [0, 0.05) is 38.6 Å². The summed E-state index contributed by atoms with van der Waals surface area (Å²) in [6.45, 7) is 1.52. The number of hydrogen-bond acceptors (Lipinski definition) is 3. The maximum Gasteiger partial charge on any atom is 0.250 e. The molecule has 0 atom stereocenters. The predicted octanol–water partition coefficient (Wildman–Crippen LogP) is 2.30. The van der Waals surface area contributed by atoms with Gasteiger partial charge in [0.15, 0.2) is 11.6 Å². The van der Waals surface area contributed by atoms with E-state index in [0.29, 0.717) is 11.7 Å². The minimum atomic E-state index is -0.274. The fraction of sp³-hybridized carbons (Fsp3) is 0.375. The smallest absolute Gasteiger partial charge is 0.250 e. The van der Waals surface area contributed by atoms with Crippen molar-refractivity contribution in [2.75, 3.05) is 18.0 Å². The van der Waals surface area contributed by atoms with Crippen LogP contribution in [0.5, 0.6) is 0 Å². The van der Waals surface area contributed by atoms with Crippen molar-refractivity contribution in [3.8, 4) is 0 Å². The van der Waals surface area contributed by atoms with Crippen LogP contribution in [0.4, 0.5) is 10.2 Å². The van der Waals surface area contributed by atoms with E-state index in [1.54, 1.807) is 29.9 Å². The van der Waals surface area contributed by atoms with Crippen molar-refractivity contribution in [3.63, 3.8) is 0 Å². The summed E-state index contributed by atoms with van der Waals surface area (Å²) in [5.74, 6) is 0.520. The zero-order valence-corrected chi connectivity index (χ0v) is 12.0. The van der Waals surface area contributed by atoms with Crippen molar-refractivity contribution >= 4 is 5.82 Å². The molecule has 3 rings (SSSR count). The highest BCUT2D eigenvalue weighted by Gasteiger charge is 2.23. The van der Waals surface area contributed by atoms with Gasteiger partial charge in [0.25, 0.3) is 5.56 Å². The fourth-order valence-electron chi connectivity index (χ4n) is 2.85. The van der Waals surface area contributed by atoms with E-state index in [0.717, 1.165) is 31.5 Å². The SMILES string of the molecule is Cn1ccc(C2CCN(c3ncccc3F)CC2)cc1=O. The van der Waals surface area contributed by atoms with Crippen LogP contribution in [-0.2, 0) is 7.05 Å². The van der Waals surface area contributed by atoms with Gasteiger partial charge in [-0.3, -0.25) is 4.79 Å². The first kappa shape index (κ1) is 13.8. The second kappa shape index (κ2) is 5.68. The summed E-state index contributed by atoms with van der Waals surface area (Å²) >= 11 is 0. The molecule has 0 amide bonds. The highest BCUT2D eigenvalue weighted by molar-refractivity contribution is 5.40. The van der Waals surface area contributed by atoms with E-state index < -0.39 is 0 Å². The van der Waals surface area contributed by atoms with E-state index in [1.165, 1.54) is 6.07 Å². The number of aromatic nitrogens is 2. The molecule has 4 nitrogen and oxygen atoms in total. The second-order valence-corrected chi connectivity index (χ2v) is 5.48. The van der Waals surface area contributed by atoms with E-state index in [-0.39, 0.29) is 11.4 Å². The number of pyridine rings is 2. The number of anilines is 1. The van der Waals surface area contributed by atoms with Gasteiger partial charge >= 0.3 is 0 Å². The molecular weight excluding hydrogens is 269 g/mol. The number of nitrogens with zero attached hydrogens (tertiary/aromatic N) is 3. The topological polar surface area (TPSA) is 38.1 Å². The van der Waals surface area contributed by atoms with Crippen LogP contribution in [0.3, 0.4) is 0 Å². The molecule has 5 heteroatoms. The van der Waals surface area contributed by atoms with Crippen molar-refractivity contribution in [3.05, 3.63) is 58.4 Å². The summed E-state index contributed by atoms with van der Waals surface area (Å²) in [7, 11) is 1.75. The third-order valence-corrected chi connectivity index (χ3v) is 4.13. The van der Waals surface area contributed by atoms with E-state index in [2.05, 4.69) is 4.98 Å². The zero-order chi connectivity index (χ0) is 14.8. The molecule has 0 bridgehead atoms. The van der Waals surface area contributed by atoms with Gasteiger partial charge in [0.1, 0.15) is 0 Å². The first-order valence-electron chi connectivity index (χ1n) is 7.17. The first-order chi connectivity index (χ1) is 10.1. The van der Waals surface area contributed by atoms with Gasteiger partial charge in [-0.15, -0.1) is 0 Å². The summed E-state index contributed by atoms with van der Waals surface area (Å²) < 4.78 is 15.3. The molecule has 0 aliphatic carbocycles. The monoisotopic (exact) mass is 287 g/mol. The summed E-state index contributed by atoms with van der Waals surface area (Å²) in [6, 6.07) is 6.76. The van der Waals surface area contributed by atoms with Crippen LogP contribution < -0.4 is 10.5 Å². The summed E-state index contributed by atoms with van der Waals surface area (Å²) in [5.41, 5.74) is 1.10.